The van der Waals surface area contributed by atoms with Gasteiger partial charge in [-0.3, -0.25) is 0 Å². The van der Waals surface area contributed by atoms with E-state index in [0.29, 0.717) is 29.6 Å². The smallest absolute Gasteiger partial charge is 0.248 e. The van der Waals surface area contributed by atoms with E-state index in [1.54, 1.807) is 6.07 Å². The summed E-state index contributed by atoms with van der Waals surface area (Å²) < 4.78 is 19.2. The molecule has 0 aliphatic carbocycles. The fraction of sp³-hybridized carbons (Fsp3) is 0.0588. The van der Waals surface area contributed by atoms with E-state index in [1.807, 2.05) is 24.3 Å². The van der Waals surface area contributed by atoms with E-state index in [9.17, 15) is 4.39 Å². The molecule has 3 aromatic rings. The number of aromatic nitrogens is 2. The van der Waals surface area contributed by atoms with Crippen molar-refractivity contribution in [2.24, 2.45) is 0 Å². The molecule has 0 fully saturated rings. The predicted molar refractivity (Wildman–Crippen MR) is 90.6 cm³/mol. The monoisotopic (exact) mass is 342 g/mol. The van der Waals surface area contributed by atoms with Crippen molar-refractivity contribution in [3.63, 3.8) is 0 Å². The van der Waals surface area contributed by atoms with Crippen molar-refractivity contribution < 1.29 is 9.13 Å². The van der Waals surface area contributed by atoms with Crippen LogP contribution in [0.25, 0.3) is 0 Å². The molecule has 0 saturated heterocycles. The van der Waals surface area contributed by atoms with Crippen molar-refractivity contribution in [2.75, 3.05) is 10.6 Å². The lowest BCUT2D eigenvalue weighted by atomic mass is 10.2. The molecular weight excluding hydrogens is 331 g/mol. The van der Waals surface area contributed by atoms with Crippen LogP contribution < -0.4 is 15.4 Å². The number of nitrogens with one attached hydrogen (secondary N) is 2. The lowest BCUT2D eigenvalue weighted by molar-refractivity contribution is 0.464. The Balaban J connectivity index is 1.69. The van der Waals surface area contributed by atoms with Gasteiger partial charge >= 0.3 is 0 Å². The van der Waals surface area contributed by atoms with E-state index in [0.717, 1.165) is 11.3 Å². The Morgan fingerprint density at radius 1 is 1.17 bits per heavy atom. The maximum Gasteiger partial charge on any atom is 0.248 e. The van der Waals surface area contributed by atoms with Crippen molar-refractivity contribution in [2.45, 2.75) is 6.54 Å². The zero-order valence-electron chi connectivity index (χ0n) is 12.4. The second-order valence-electron chi connectivity index (χ2n) is 5.22. The number of fused-ring (bicyclic) bond motifs is 2. The molecule has 5 nitrogen and oxygen atoms in total. The van der Waals surface area contributed by atoms with Gasteiger partial charge in [0.15, 0.2) is 5.82 Å². The normalized spacial score (nSPS) is 12.2. The molecule has 120 valence electrons. The molecular formula is C17H12ClFN4O. The van der Waals surface area contributed by atoms with Gasteiger partial charge in [0.25, 0.3) is 0 Å². The van der Waals surface area contributed by atoms with E-state index in [-0.39, 0.29) is 5.02 Å². The Labute approximate surface area is 142 Å². The third-order valence-corrected chi connectivity index (χ3v) is 3.92. The summed E-state index contributed by atoms with van der Waals surface area (Å²) in [6, 6.07) is 12.1. The van der Waals surface area contributed by atoms with Crippen LogP contribution in [0, 0.1) is 5.82 Å². The molecule has 2 N–H and O–H groups in total. The number of rotatable bonds is 2. The molecule has 1 aliphatic rings. The number of nitrogens with zero attached hydrogens (tertiary/aromatic N) is 2. The second-order valence-corrected chi connectivity index (χ2v) is 5.63. The molecule has 1 aliphatic heterocycles. The highest BCUT2D eigenvalue weighted by molar-refractivity contribution is 6.31. The van der Waals surface area contributed by atoms with Gasteiger partial charge in [-0.2, -0.15) is 4.98 Å². The van der Waals surface area contributed by atoms with Crippen LogP contribution in [-0.4, -0.2) is 9.97 Å². The average Bonchev–Trinajstić information content (AvgIpc) is 2.78. The first kappa shape index (κ1) is 14.7. The zero-order valence-corrected chi connectivity index (χ0v) is 13.1. The van der Waals surface area contributed by atoms with Crippen molar-refractivity contribution >= 4 is 28.8 Å². The number of para-hydroxylation sites is 1. The highest BCUT2D eigenvalue weighted by Gasteiger charge is 2.19. The number of ether oxygens (including phenoxy) is 1. The Morgan fingerprint density at radius 2 is 2.04 bits per heavy atom. The molecule has 0 bridgehead atoms. The summed E-state index contributed by atoms with van der Waals surface area (Å²) >= 11 is 5.82. The summed E-state index contributed by atoms with van der Waals surface area (Å²) in [5, 5.41) is 6.43. The zero-order chi connectivity index (χ0) is 16.5. The SMILES string of the molecule is Fc1ccc(Nc2ncnc3c2NCc2ccccc2O3)cc1Cl. The minimum Gasteiger partial charge on any atom is -0.437 e. The van der Waals surface area contributed by atoms with Gasteiger partial charge in [-0.1, -0.05) is 29.8 Å². The molecule has 0 saturated carbocycles. The van der Waals surface area contributed by atoms with Gasteiger partial charge in [-0.05, 0) is 24.3 Å². The molecule has 0 amide bonds. The highest BCUT2D eigenvalue weighted by atomic mass is 35.5. The molecule has 2 heterocycles. The molecule has 0 unspecified atom stereocenters. The fourth-order valence-corrected chi connectivity index (χ4v) is 2.63. The first-order valence-corrected chi connectivity index (χ1v) is 7.65. The number of anilines is 3. The van der Waals surface area contributed by atoms with Crippen molar-refractivity contribution in [1.82, 2.24) is 9.97 Å². The summed E-state index contributed by atoms with van der Waals surface area (Å²) in [5.41, 5.74) is 2.27. The number of benzene rings is 2. The van der Waals surface area contributed by atoms with Gasteiger partial charge in [0.1, 0.15) is 23.6 Å². The van der Waals surface area contributed by atoms with Crippen LogP contribution >= 0.6 is 11.6 Å². The summed E-state index contributed by atoms with van der Waals surface area (Å²) in [4.78, 5) is 8.43. The minimum atomic E-state index is -0.472. The number of hydrogen-bond donors (Lipinski definition) is 2. The van der Waals surface area contributed by atoms with Crippen LogP contribution in [0.5, 0.6) is 11.6 Å². The van der Waals surface area contributed by atoms with Crippen molar-refractivity contribution in [1.29, 1.82) is 0 Å². The van der Waals surface area contributed by atoms with Gasteiger partial charge < -0.3 is 15.4 Å². The van der Waals surface area contributed by atoms with Crippen LogP contribution in [-0.2, 0) is 6.54 Å². The lowest BCUT2D eigenvalue weighted by Crippen LogP contribution is -2.04. The van der Waals surface area contributed by atoms with E-state index < -0.39 is 5.82 Å². The largest absolute Gasteiger partial charge is 0.437 e. The topological polar surface area (TPSA) is 59.1 Å². The molecule has 7 heteroatoms. The molecule has 1 aromatic heterocycles. The maximum absolute atomic E-state index is 13.3. The van der Waals surface area contributed by atoms with Gasteiger partial charge in [0.2, 0.25) is 5.88 Å². The van der Waals surface area contributed by atoms with Gasteiger partial charge in [0.05, 0.1) is 5.02 Å². The number of hydrogen-bond acceptors (Lipinski definition) is 5. The van der Waals surface area contributed by atoms with Crippen molar-refractivity contribution in [3.8, 4) is 11.6 Å². The lowest BCUT2D eigenvalue weighted by Gasteiger charge is -2.13. The van der Waals surface area contributed by atoms with Crippen LogP contribution in [0.3, 0.4) is 0 Å². The van der Waals surface area contributed by atoms with Gasteiger partial charge in [-0.15, -0.1) is 0 Å². The van der Waals surface area contributed by atoms with E-state index in [4.69, 9.17) is 16.3 Å². The summed E-state index contributed by atoms with van der Waals surface area (Å²) in [7, 11) is 0. The van der Waals surface area contributed by atoms with Crippen LogP contribution in [0.2, 0.25) is 5.02 Å². The van der Waals surface area contributed by atoms with E-state index in [2.05, 4.69) is 20.6 Å². The Hall–Kier alpha value is -2.86. The van der Waals surface area contributed by atoms with E-state index in [1.165, 1.54) is 18.5 Å². The Bertz CT molecular complexity index is 919. The molecule has 24 heavy (non-hydrogen) atoms. The van der Waals surface area contributed by atoms with Crippen LogP contribution in [0.4, 0.5) is 21.6 Å². The average molecular weight is 343 g/mol. The fourth-order valence-electron chi connectivity index (χ4n) is 2.45. The van der Waals surface area contributed by atoms with Gasteiger partial charge in [0, 0.05) is 17.8 Å². The molecule has 0 atom stereocenters. The molecule has 2 aromatic carbocycles. The molecule has 0 radical (unpaired) electrons. The van der Waals surface area contributed by atoms with E-state index >= 15 is 0 Å². The quantitative estimate of drug-likeness (QED) is 0.705. The van der Waals surface area contributed by atoms with Crippen LogP contribution in [0.1, 0.15) is 5.56 Å². The third kappa shape index (κ3) is 2.72. The summed E-state index contributed by atoms with van der Waals surface area (Å²) in [6.07, 6.45) is 1.40. The number of halogens is 2. The summed E-state index contributed by atoms with van der Waals surface area (Å²) in [6.45, 7) is 0.579. The first-order valence-electron chi connectivity index (χ1n) is 7.27. The Morgan fingerprint density at radius 3 is 2.92 bits per heavy atom. The maximum atomic E-state index is 13.3. The standard InChI is InChI=1S/C17H12ClFN4O/c18-12-7-11(5-6-13(12)19)23-16-15-17(22-9-21-16)24-14-4-2-1-3-10(14)8-20-15/h1-7,9,20H,8H2,(H,21,22,23). The Kier molecular flexibility index (Phi) is 3.66. The van der Waals surface area contributed by atoms with Gasteiger partial charge in [-0.25, -0.2) is 9.37 Å². The van der Waals surface area contributed by atoms with Crippen molar-refractivity contribution in [3.05, 3.63) is 65.2 Å². The second kappa shape index (κ2) is 5.98. The first-order chi connectivity index (χ1) is 11.7. The third-order valence-electron chi connectivity index (χ3n) is 3.63. The molecule has 4 rings (SSSR count). The van der Waals surface area contributed by atoms with Crippen LogP contribution in [0.15, 0.2) is 48.8 Å². The summed E-state index contributed by atoms with van der Waals surface area (Å²) in [5.74, 6) is 1.22. The minimum absolute atomic E-state index is 0.0387. The highest BCUT2D eigenvalue weighted by Crippen LogP contribution is 2.38. The molecule has 0 spiro atoms. The predicted octanol–water partition coefficient (Wildman–Crippen LogP) is 4.73.